The molecule has 0 radical (unpaired) electrons. The molecule has 0 saturated carbocycles. The molecule has 1 heterocycles. The number of rotatable bonds is 8. The van der Waals surface area contributed by atoms with Gasteiger partial charge in [-0.1, -0.05) is 36.4 Å². The highest BCUT2D eigenvalue weighted by Crippen LogP contribution is 2.14. The fraction of sp³-hybridized carbons (Fsp3) is 0.381. The van der Waals surface area contributed by atoms with Gasteiger partial charge in [-0.05, 0) is 30.2 Å². The van der Waals surface area contributed by atoms with E-state index in [-0.39, 0.29) is 6.54 Å². The lowest BCUT2D eigenvalue weighted by Gasteiger charge is -2.26. The lowest BCUT2D eigenvalue weighted by molar-refractivity contribution is -0.122. The Labute approximate surface area is 176 Å². The highest BCUT2D eigenvalue weighted by molar-refractivity contribution is 7.89. The number of sulfonamides is 1. The van der Waals surface area contributed by atoms with Gasteiger partial charge < -0.3 is 10.1 Å². The Morgan fingerprint density at radius 1 is 1.10 bits per heavy atom. The van der Waals surface area contributed by atoms with Crippen LogP contribution in [0.1, 0.15) is 18.1 Å². The maximum absolute atomic E-state index is 13.8. The van der Waals surface area contributed by atoms with Gasteiger partial charge in [0.1, 0.15) is 10.7 Å². The summed E-state index contributed by atoms with van der Waals surface area (Å²) in [6.07, 6.45) is 0. The molecular weight excluding hydrogens is 409 g/mol. The van der Waals surface area contributed by atoms with E-state index >= 15 is 0 Å². The van der Waals surface area contributed by atoms with Gasteiger partial charge in [-0.2, -0.15) is 4.72 Å². The largest absolute Gasteiger partial charge is 0.379 e. The van der Waals surface area contributed by atoms with Crippen LogP contribution in [0.15, 0.2) is 53.4 Å². The molecule has 0 unspecified atom stereocenters. The van der Waals surface area contributed by atoms with Gasteiger partial charge in [0.25, 0.3) is 0 Å². The number of halogens is 1. The number of hydrogen-bond acceptors (Lipinski definition) is 5. The van der Waals surface area contributed by atoms with Gasteiger partial charge in [0, 0.05) is 26.2 Å². The molecule has 2 N–H and O–H groups in total. The highest BCUT2D eigenvalue weighted by atomic mass is 32.2. The lowest BCUT2D eigenvalue weighted by Crippen LogP contribution is -2.44. The number of benzene rings is 2. The minimum atomic E-state index is -4.14. The fourth-order valence-corrected chi connectivity index (χ4v) is 4.42. The standard InChI is InChI=1S/C21H26FN3O4S/c1-16(24-30(27,28)20-5-3-2-4-19(20)22)21(26)23-14-17-6-8-18(9-7-17)15-25-10-12-29-13-11-25/h2-9,16,24H,10-15H2,1H3,(H,23,26)/t16-/m0/s1. The molecule has 9 heteroatoms. The summed E-state index contributed by atoms with van der Waals surface area (Å²) < 4.78 is 45.9. The van der Waals surface area contributed by atoms with Crippen molar-refractivity contribution in [1.29, 1.82) is 0 Å². The van der Waals surface area contributed by atoms with Gasteiger partial charge >= 0.3 is 0 Å². The Balaban J connectivity index is 1.50. The zero-order chi connectivity index (χ0) is 21.6. The molecule has 0 bridgehead atoms. The van der Waals surface area contributed by atoms with Crippen molar-refractivity contribution in [2.24, 2.45) is 0 Å². The van der Waals surface area contributed by atoms with E-state index in [4.69, 9.17) is 4.74 Å². The summed E-state index contributed by atoms with van der Waals surface area (Å²) in [6.45, 7) is 5.87. The molecule has 1 fully saturated rings. The monoisotopic (exact) mass is 435 g/mol. The highest BCUT2D eigenvalue weighted by Gasteiger charge is 2.24. The number of nitrogens with zero attached hydrogens (tertiary/aromatic N) is 1. The quantitative estimate of drug-likeness (QED) is 0.658. The van der Waals surface area contributed by atoms with E-state index in [9.17, 15) is 17.6 Å². The SMILES string of the molecule is C[C@H](NS(=O)(=O)c1ccccc1F)C(=O)NCc1ccc(CN2CCOCC2)cc1. The first kappa shape index (κ1) is 22.4. The van der Waals surface area contributed by atoms with Crippen LogP contribution in [0.4, 0.5) is 4.39 Å². The summed E-state index contributed by atoms with van der Waals surface area (Å²) in [4.78, 5) is 14.1. The van der Waals surface area contributed by atoms with Crippen LogP contribution in [-0.2, 0) is 32.6 Å². The van der Waals surface area contributed by atoms with E-state index in [0.29, 0.717) is 0 Å². The average molecular weight is 436 g/mol. The van der Waals surface area contributed by atoms with Crippen molar-refractivity contribution >= 4 is 15.9 Å². The summed E-state index contributed by atoms with van der Waals surface area (Å²) in [5.74, 6) is -1.36. The van der Waals surface area contributed by atoms with Crippen molar-refractivity contribution in [3.63, 3.8) is 0 Å². The molecule has 1 amide bonds. The number of nitrogens with one attached hydrogen (secondary N) is 2. The molecule has 3 rings (SSSR count). The van der Waals surface area contributed by atoms with Crippen molar-refractivity contribution in [3.05, 3.63) is 65.5 Å². The molecule has 162 valence electrons. The van der Waals surface area contributed by atoms with Crippen LogP contribution >= 0.6 is 0 Å². The molecule has 0 aliphatic carbocycles. The van der Waals surface area contributed by atoms with Crippen LogP contribution in [0.5, 0.6) is 0 Å². The minimum absolute atomic E-state index is 0.266. The maximum atomic E-state index is 13.8. The summed E-state index contributed by atoms with van der Waals surface area (Å²) in [5, 5.41) is 2.70. The summed E-state index contributed by atoms with van der Waals surface area (Å²) in [6, 6.07) is 11.9. The zero-order valence-electron chi connectivity index (χ0n) is 16.8. The molecule has 0 spiro atoms. The van der Waals surface area contributed by atoms with E-state index in [1.54, 1.807) is 0 Å². The Bertz CT molecular complexity index is 960. The minimum Gasteiger partial charge on any atom is -0.379 e. The Kier molecular flexibility index (Phi) is 7.54. The molecule has 2 aromatic rings. The summed E-state index contributed by atoms with van der Waals surface area (Å²) in [5.41, 5.74) is 2.08. The van der Waals surface area contributed by atoms with Crippen molar-refractivity contribution < 1.29 is 22.3 Å². The molecule has 30 heavy (non-hydrogen) atoms. The number of morpholine rings is 1. The van der Waals surface area contributed by atoms with Crippen molar-refractivity contribution in [2.45, 2.75) is 31.0 Å². The lowest BCUT2D eigenvalue weighted by atomic mass is 10.1. The summed E-state index contributed by atoms with van der Waals surface area (Å²) in [7, 11) is -4.14. The van der Waals surface area contributed by atoms with Gasteiger partial charge in [0.2, 0.25) is 15.9 Å². The number of ether oxygens (including phenoxy) is 1. The molecule has 0 aromatic heterocycles. The third-order valence-corrected chi connectivity index (χ3v) is 6.42. The van der Waals surface area contributed by atoms with Gasteiger partial charge in [-0.3, -0.25) is 9.69 Å². The Hall–Kier alpha value is -2.33. The number of amides is 1. The number of hydrogen-bond donors (Lipinski definition) is 2. The Morgan fingerprint density at radius 2 is 1.73 bits per heavy atom. The first-order valence-electron chi connectivity index (χ1n) is 9.77. The molecule has 7 nitrogen and oxygen atoms in total. The molecule has 1 aliphatic rings. The van der Waals surface area contributed by atoms with Crippen molar-refractivity contribution in [2.75, 3.05) is 26.3 Å². The topological polar surface area (TPSA) is 87.7 Å². The van der Waals surface area contributed by atoms with Crippen LogP contribution < -0.4 is 10.0 Å². The smallest absolute Gasteiger partial charge is 0.244 e. The fourth-order valence-electron chi connectivity index (χ4n) is 3.13. The predicted molar refractivity (Wildman–Crippen MR) is 111 cm³/mol. The van der Waals surface area contributed by atoms with E-state index in [1.165, 1.54) is 24.6 Å². The van der Waals surface area contributed by atoms with Crippen LogP contribution in [0, 0.1) is 5.82 Å². The van der Waals surface area contributed by atoms with Crippen LogP contribution in [0.3, 0.4) is 0 Å². The molecule has 1 aliphatic heterocycles. The summed E-state index contributed by atoms with van der Waals surface area (Å²) >= 11 is 0. The second-order valence-corrected chi connectivity index (χ2v) is 8.88. The van der Waals surface area contributed by atoms with Gasteiger partial charge in [-0.25, -0.2) is 12.8 Å². The maximum Gasteiger partial charge on any atom is 0.244 e. The van der Waals surface area contributed by atoms with Crippen molar-refractivity contribution in [3.8, 4) is 0 Å². The molecule has 1 saturated heterocycles. The first-order chi connectivity index (χ1) is 14.3. The number of carbonyl (C=O) groups excluding carboxylic acids is 1. The third-order valence-electron chi connectivity index (χ3n) is 4.85. The second kappa shape index (κ2) is 10.1. The van der Waals surface area contributed by atoms with E-state index < -0.39 is 32.7 Å². The van der Waals surface area contributed by atoms with Gasteiger partial charge in [0.15, 0.2) is 0 Å². The Morgan fingerprint density at radius 3 is 2.40 bits per heavy atom. The van der Waals surface area contributed by atoms with Gasteiger partial charge in [0.05, 0.1) is 19.3 Å². The van der Waals surface area contributed by atoms with E-state index in [1.807, 2.05) is 24.3 Å². The molecular formula is C21H26FN3O4S. The van der Waals surface area contributed by atoms with Crippen molar-refractivity contribution in [1.82, 2.24) is 14.9 Å². The first-order valence-corrected chi connectivity index (χ1v) is 11.3. The average Bonchev–Trinajstić information content (AvgIpc) is 2.73. The number of carbonyl (C=O) groups is 1. The zero-order valence-corrected chi connectivity index (χ0v) is 17.6. The second-order valence-electron chi connectivity index (χ2n) is 7.20. The van der Waals surface area contributed by atoms with Crippen LogP contribution in [-0.4, -0.2) is 51.6 Å². The van der Waals surface area contributed by atoms with E-state index in [2.05, 4.69) is 14.9 Å². The molecule has 2 aromatic carbocycles. The van der Waals surface area contributed by atoms with Crippen LogP contribution in [0.2, 0.25) is 0 Å². The van der Waals surface area contributed by atoms with E-state index in [0.717, 1.165) is 50.5 Å². The van der Waals surface area contributed by atoms with Gasteiger partial charge in [-0.15, -0.1) is 0 Å². The predicted octanol–water partition coefficient (Wildman–Crippen LogP) is 1.64. The normalized spacial score (nSPS) is 16.2. The molecule has 1 atom stereocenters. The van der Waals surface area contributed by atoms with Crippen LogP contribution in [0.25, 0.3) is 0 Å². The third kappa shape index (κ3) is 6.09.